The van der Waals surface area contributed by atoms with E-state index in [1.54, 1.807) is 19.2 Å². The lowest BCUT2D eigenvalue weighted by Gasteiger charge is -2.71. The first-order valence-corrected chi connectivity index (χ1v) is 5.67. The van der Waals surface area contributed by atoms with E-state index in [2.05, 4.69) is 0 Å². The van der Waals surface area contributed by atoms with E-state index in [0.29, 0.717) is 5.41 Å². The van der Waals surface area contributed by atoms with Crippen LogP contribution in [-0.4, -0.2) is 13.7 Å². The third kappa shape index (κ3) is 1.09. The minimum Gasteiger partial charge on any atom is -0.496 e. The zero-order valence-electron chi connectivity index (χ0n) is 9.42. The molecule has 0 aliphatic heterocycles. The van der Waals surface area contributed by atoms with Crippen molar-refractivity contribution < 1.29 is 9.13 Å². The van der Waals surface area contributed by atoms with Crippen LogP contribution in [-0.2, 0) is 5.41 Å². The molecule has 1 aromatic rings. The van der Waals surface area contributed by atoms with Gasteiger partial charge in [0, 0.05) is 11.0 Å². The summed E-state index contributed by atoms with van der Waals surface area (Å²) in [5.41, 5.74) is 7.29. The number of methoxy groups -OCH3 is 1. The Balaban J connectivity index is 1.94. The summed E-state index contributed by atoms with van der Waals surface area (Å²) in [6.45, 7) is 0.756. The number of hydrogen-bond acceptors (Lipinski definition) is 2. The molecule has 0 heterocycles. The second kappa shape index (κ2) is 2.98. The highest BCUT2D eigenvalue weighted by molar-refractivity contribution is 5.47. The zero-order valence-corrected chi connectivity index (χ0v) is 9.42. The number of rotatable bonds is 3. The van der Waals surface area contributed by atoms with Gasteiger partial charge in [-0.3, -0.25) is 0 Å². The molecule has 0 unspecified atom stereocenters. The quantitative estimate of drug-likeness (QED) is 0.849. The molecule has 0 aromatic heterocycles. The Morgan fingerprint density at radius 2 is 2.06 bits per heavy atom. The van der Waals surface area contributed by atoms with E-state index >= 15 is 0 Å². The first-order valence-electron chi connectivity index (χ1n) is 5.67. The van der Waals surface area contributed by atoms with Crippen LogP contribution in [0.25, 0.3) is 0 Å². The Morgan fingerprint density at radius 1 is 1.38 bits per heavy atom. The van der Waals surface area contributed by atoms with Crippen molar-refractivity contribution in [2.24, 2.45) is 11.1 Å². The van der Waals surface area contributed by atoms with Crippen LogP contribution in [0.1, 0.15) is 24.8 Å². The molecule has 3 aliphatic carbocycles. The summed E-state index contributed by atoms with van der Waals surface area (Å²) in [5, 5.41) is 0. The van der Waals surface area contributed by atoms with Gasteiger partial charge in [0.15, 0.2) is 0 Å². The average Bonchev–Trinajstić information content (AvgIpc) is 2.15. The van der Waals surface area contributed by atoms with Gasteiger partial charge in [0.25, 0.3) is 0 Å². The molecule has 86 valence electrons. The molecule has 3 heteroatoms. The summed E-state index contributed by atoms with van der Waals surface area (Å²) in [6.07, 6.45) is 3.28. The topological polar surface area (TPSA) is 35.2 Å². The molecular weight excluding hydrogens is 205 g/mol. The third-order valence-corrected chi connectivity index (χ3v) is 4.31. The van der Waals surface area contributed by atoms with E-state index < -0.39 is 0 Å². The Labute approximate surface area is 94.6 Å². The van der Waals surface area contributed by atoms with Gasteiger partial charge in [0.05, 0.1) is 7.11 Å². The SMILES string of the molecule is COc1ccc(F)cc1C12CC(CN)(C1)C2. The number of ether oxygens (including phenoxy) is 1. The average molecular weight is 221 g/mol. The first kappa shape index (κ1) is 10.1. The molecule has 3 saturated carbocycles. The lowest BCUT2D eigenvalue weighted by molar-refractivity contribution is -0.133. The molecule has 16 heavy (non-hydrogen) atoms. The lowest BCUT2D eigenvalue weighted by atomic mass is 9.33. The smallest absolute Gasteiger partial charge is 0.123 e. The molecule has 2 N–H and O–H groups in total. The predicted molar refractivity (Wildman–Crippen MR) is 60.0 cm³/mol. The van der Waals surface area contributed by atoms with Crippen LogP contribution in [0.2, 0.25) is 0 Å². The summed E-state index contributed by atoms with van der Waals surface area (Å²) in [6, 6.07) is 4.80. The highest BCUT2D eigenvalue weighted by atomic mass is 19.1. The lowest BCUT2D eigenvalue weighted by Crippen LogP contribution is -2.67. The van der Waals surface area contributed by atoms with Crippen molar-refractivity contribution in [2.45, 2.75) is 24.7 Å². The molecule has 2 nitrogen and oxygen atoms in total. The van der Waals surface area contributed by atoms with Gasteiger partial charge in [-0.2, -0.15) is 0 Å². The monoisotopic (exact) mass is 221 g/mol. The van der Waals surface area contributed by atoms with Crippen LogP contribution >= 0.6 is 0 Å². The molecule has 2 bridgehead atoms. The Hall–Kier alpha value is -1.09. The molecule has 1 aromatic carbocycles. The molecular formula is C13H16FNO. The summed E-state index contributed by atoms with van der Waals surface area (Å²) in [7, 11) is 1.64. The Kier molecular flexibility index (Phi) is 1.88. The normalized spacial score (nSPS) is 35.2. The van der Waals surface area contributed by atoms with E-state index in [0.717, 1.165) is 37.1 Å². The molecule has 0 atom stereocenters. The van der Waals surface area contributed by atoms with Gasteiger partial charge < -0.3 is 10.5 Å². The van der Waals surface area contributed by atoms with Crippen LogP contribution in [0.4, 0.5) is 4.39 Å². The van der Waals surface area contributed by atoms with E-state index in [-0.39, 0.29) is 11.2 Å². The fourth-order valence-corrected chi connectivity index (χ4v) is 3.59. The van der Waals surface area contributed by atoms with E-state index in [4.69, 9.17) is 10.5 Å². The largest absolute Gasteiger partial charge is 0.496 e. The van der Waals surface area contributed by atoms with Gasteiger partial charge in [-0.25, -0.2) is 4.39 Å². The maximum atomic E-state index is 13.3. The Bertz CT molecular complexity index is 424. The van der Waals surface area contributed by atoms with Crippen molar-refractivity contribution in [2.75, 3.05) is 13.7 Å². The second-order valence-electron chi connectivity index (χ2n) is 5.36. The maximum Gasteiger partial charge on any atom is 0.123 e. The molecule has 3 fully saturated rings. The molecule has 0 spiro atoms. The van der Waals surface area contributed by atoms with E-state index in [1.807, 2.05) is 0 Å². The zero-order chi connectivity index (χ0) is 11.4. The van der Waals surface area contributed by atoms with E-state index in [1.165, 1.54) is 6.07 Å². The van der Waals surface area contributed by atoms with E-state index in [9.17, 15) is 4.39 Å². The van der Waals surface area contributed by atoms with Crippen molar-refractivity contribution in [3.05, 3.63) is 29.6 Å². The molecule has 4 rings (SSSR count). The van der Waals surface area contributed by atoms with Crippen molar-refractivity contribution in [1.82, 2.24) is 0 Å². The number of hydrogen-bond donors (Lipinski definition) is 1. The predicted octanol–water partition coefficient (Wildman–Crippen LogP) is 2.21. The molecule has 0 radical (unpaired) electrons. The van der Waals surface area contributed by atoms with Crippen molar-refractivity contribution in [1.29, 1.82) is 0 Å². The van der Waals surface area contributed by atoms with Crippen LogP contribution in [0.5, 0.6) is 5.75 Å². The summed E-state index contributed by atoms with van der Waals surface area (Å²) >= 11 is 0. The van der Waals surface area contributed by atoms with Crippen LogP contribution < -0.4 is 10.5 Å². The van der Waals surface area contributed by atoms with Gasteiger partial charge in [0.1, 0.15) is 11.6 Å². The minimum absolute atomic E-state index is 0.160. The van der Waals surface area contributed by atoms with Gasteiger partial charge in [0.2, 0.25) is 0 Å². The number of halogens is 1. The van der Waals surface area contributed by atoms with Crippen LogP contribution in [0, 0.1) is 11.2 Å². The van der Waals surface area contributed by atoms with Crippen LogP contribution in [0.3, 0.4) is 0 Å². The van der Waals surface area contributed by atoms with Crippen molar-refractivity contribution in [3.8, 4) is 5.75 Å². The summed E-state index contributed by atoms with van der Waals surface area (Å²) in [4.78, 5) is 0. The fourth-order valence-electron chi connectivity index (χ4n) is 3.59. The standard InChI is InChI=1S/C13H16FNO/c1-16-11-3-2-9(14)4-10(11)13-5-12(6-13,7-13)8-15/h2-4H,5-8,15H2,1H3. The third-order valence-electron chi connectivity index (χ3n) is 4.31. The van der Waals surface area contributed by atoms with Crippen molar-refractivity contribution >= 4 is 0 Å². The van der Waals surface area contributed by atoms with Gasteiger partial charge in [-0.05, 0) is 49.4 Å². The van der Waals surface area contributed by atoms with Gasteiger partial charge in [-0.1, -0.05) is 0 Å². The van der Waals surface area contributed by atoms with Crippen LogP contribution in [0.15, 0.2) is 18.2 Å². The summed E-state index contributed by atoms with van der Waals surface area (Å²) in [5.74, 6) is 0.633. The molecule has 0 amide bonds. The van der Waals surface area contributed by atoms with Gasteiger partial charge in [-0.15, -0.1) is 0 Å². The molecule has 0 saturated heterocycles. The Morgan fingerprint density at radius 3 is 2.62 bits per heavy atom. The van der Waals surface area contributed by atoms with Gasteiger partial charge >= 0.3 is 0 Å². The van der Waals surface area contributed by atoms with Crippen molar-refractivity contribution in [3.63, 3.8) is 0 Å². The maximum absolute atomic E-state index is 13.3. The highest BCUT2D eigenvalue weighted by Crippen LogP contribution is 2.74. The fraction of sp³-hybridized carbons (Fsp3) is 0.538. The number of nitrogens with two attached hydrogens (primary N) is 1. The first-order chi connectivity index (χ1) is 7.63. The summed E-state index contributed by atoms with van der Waals surface area (Å²) < 4.78 is 18.6. The number of benzene rings is 1. The second-order valence-corrected chi connectivity index (χ2v) is 5.36. The highest BCUT2D eigenvalue weighted by Gasteiger charge is 2.68. The molecule has 3 aliphatic rings. The minimum atomic E-state index is -0.178.